The molecule has 5 N–H and O–H groups in total. The van der Waals surface area contributed by atoms with Gasteiger partial charge in [0, 0.05) is 32.1 Å². The lowest BCUT2D eigenvalue weighted by Gasteiger charge is -2.41. The van der Waals surface area contributed by atoms with E-state index in [0.717, 1.165) is 55.0 Å². The van der Waals surface area contributed by atoms with Gasteiger partial charge in [-0.05, 0) is 94.2 Å². The summed E-state index contributed by atoms with van der Waals surface area (Å²) in [6.07, 6.45) is 5.01. The number of amides is 3. The Hall–Kier alpha value is -4.62. The Labute approximate surface area is 448 Å². The van der Waals surface area contributed by atoms with E-state index >= 15 is 4.79 Å². The molecule has 12 unspecified atom stereocenters. The van der Waals surface area contributed by atoms with Crippen LogP contribution in [0, 0.1) is 23.7 Å². The molecule has 3 rings (SSSR count). The number of aromatic nitrogens is 1. The van der Waals surface area contributed by atoms with Gasteiger partial charge in [-0.3, -0.25) is 34.7 Å². The number of carbonyl (C=O) groups excluding carboxylic acids is 6. The van der Waals surface area contributed by atoms with Crippen LogP contribution in [-0.2, 0) is 44.7 Å². The standard InChI is InChI=1S/C57H97N7O11/c1-15-18-22-38(8)31-44-56(71)62(12)48(30-37(6)7)52(67)59-43(29-36(4)5)55(70)63(13)49(33-41-34-64(73-14)47-25-21-20-24-42(41)47)53(68)60-45(32-39(9)23-19-16-2)54(69)61(11)40(10)57(72)75-50(46(35-65)58-44)26-27-51(66)74-28-17-3/h20-21,24-25,34-40,43-46,48-50,53,55,58,60,68,70H,15-19,22-23,26-33H2,1-14H3,(H,59,67). The molecule has 1 aliphatic heterocycles. The van der Waals surface area contributed by atoms with Crippen LogP contribution in [0.5, 0.6) is 0 Å². The first-order chi connectivity index (χ1) is 35.5. The molecule has 2 heterocycles. The van der Waals surface area contributed by atoms with Crippen LogP contribution in [0.1, 0.15) is 158 Å². The largest absolute Gasteiger partial charge is 0.466 e. The lowest BCUT2D eigenvalue weighted by atomic mass is 9.93. The summed E-state index contributed by atoms with van der Waals surface area (Å²) in [4.78, 5) is 95.8. The number of rotatable bonds is 23. The second-order valence-corrected chi connectivity index (χ2v) is 22.2. The zero-order valence-corrected chi connectivity index (χ0v) is 48.0. The number of nitrogens with zero attached hydrogens (tertiary/aromatic N) is 4. The van der Waals surface area contributed by atoms with Crippen molar-refractivity contribution in [1.82, 2.24) is 35.4 Å². The average Bonchev–Trinajstić information content (AvgIpc) is 3.74. The van der Waals surface area contributed by atoms with Gasteiger partial charge in [0.25, 0.3) is 0 Å². The van der Waals surface area contributed by atoms with Gasteiger partial charge in [0.2, 0.25) is 17.7 Å². The van der Waals surface area contributed by atoms with E-state index in [1.54, 1.807) is 30.8 Å². The maximum absolute atomic E-state index is 15.1. The van der Waals surface area contributed by atoms with Gasteiger partial charge in [0.05, 0.1) is 36.3 Å². The monoisotopic (exact) mass is 1060 g/mol. The first kappa shape index (κ1) is 64.7. The van der Waals surface area contributed by atoms with E-state index in [-0.39, 0.29) is 68.8 Å². The van der Waals surface area contributed by atoms with Crippen molar-refractivity contribution in [2.75, 3.05) is 34.9 Å². The third kappa shape index (κ3) is 19.4. The summed E-state index contributed by atoms with van der Waals surface area (Å²) >= 11 is 0. The molecule has 1 aromatic carbocycles. The molecule has 426 valence electrons. The summed E-state index contributed by atoms with van der Waals surface area (Å²) in [7, 11) is 6.28. The molecular formula is C57H97N7O11. The predicted octanol–water partition coefficient (Wildman–Crippen LogP) is 6.01. The van der Waals surface area contributed by atoms with Gasteiger partial charge in [-0.25, -0.2) is 4.79 Å². The van der Waals surface area contributed by atoms with Gasteiger partial charge < -0.3 is 44.4 Å². The molecule has 2 aromatic rings. The summed E-state index contributed by atoms with van der Waals surface area (Å²) < 4.78 is 13.2. The van der Waals surface area contributed by atoms with Crippen molar-refractivity contribution in [3.63, 3.8) is 0 Å². The molecule has 1 aromatic heterocycles. The van der Waals surface area contributed by atoms with Crippen molar-refractivity contribution in [3.05, 3.63) is 36.0 Å². The number of benzene rings is 1. The zero-order chi connectivity index (χ0) is 56.1. The molecular weight excluding hydrogens is 959 g/mol. The Morgan fingerprint density at radius 1 is 0.813 bits per heavy atom. The molecule has 12 atom stereocenters. The number of aldehydes is 1. The van der Waals surface area contributed by atoms with Crippen LogP contribution in [0.15, 0.2) is 30.5 Å². The highest BCUT2D eigenvalue weighted by molar-refractivity contribution is 5.90. The number of fused-ring (bicyclic) bond motifs is 1. The van der Waals surface area contributed by atoms with Crippen LogP contribution in [0.4, 0.5) is 0 Å². The van der Waals surface area contributed by atoms with E-state index in [1.165, 1.54) is 23.8 Å². The second-order valence-electron chi connectivity index (χ2n) is 22.2. The van der Waals surface area contributed by atoms with Crippen molar-refractivity contribution in [3.8, 4) is 0 Å². The minimum absolute atomic E-state index is 0.00403. The van der Waals surface area contributed by atoms with Crippen molar-refractivity contribution in [2.24, 2.45) is 23.7 Å². The van der Waals surface area contributed by atoms with E-state index in [1.807, 2.05) is 78.9 Å². The number of nitrogens with one attached hydrogen (secondary N) is 3. The minimum Gasteiger partial charge on any atom is -0.466 e. The van der Waals surface area contributed by atoms with Crippen LogP contribution in [0.3, 0.4) is 0 Å². The number of carbonyl (C=O) groups is 6. The summed E-state index contributed by atoms with van der Waals surface area (Å²) in [5.74, 6) is -2.96. The highest BCUT2D eigenvalue weighted by Crippen LogP contribution is 2.27. The number of cyclic esters (lactones) is 1. The van der Waals surface area contributed by atoms with Crippen molar-refractivity contribution in [2.45, 2.75) is 220 Å². The van der Waals surface area contributed by atoms with Crippen LogP contribution in [0.2, 0.25) is 0 Å². The summed E-state index contributed by atoms with van der Waals surface area (Å²) in [5.41, 5.74) is 1.57. The number of ether oxygens (including phenoxy) is 2. The second kappa shape index (κ2) is 32.2. The van der Waals surface area contributed by atoms with E-state index < -0.39 is 90.5 Å². The smallest absolute Gasteiger partial charge is 0.328 e. The maximum atomic E-state index is 15.1. The number of aliphatic hydroxyl groups is 2. The van der Waals surface area contributed by atoms with E-state index in [0.29, 0.717) is 19.1 Å². The first-order valence-electron chi connectivity index (χ1n) is 27.9. The number of hydrogen-bond acceptors (Lipinski definition) is 14. The maximum Gasteiger partial charge on any atom is 0.328 e. The molecule has 75 heavy (non-hydrogen) atoms. The van der Waals surface area contributed by atoms with Gasteiger partial charge in [-0.15, -0.1) is 0 Å². The van der Waals surface area contributed by atoms with Gasteiger partial charge >= 0.3 is 11.9 Å². The molecule has 0 radical (unpaired) electrons. The SMILES string of the molecule is CCCCC(C)CC1NC(O)C(Cc2cn(OC)c3ccccc23)N(C)C(O)C(CC(C)C)NC(=O)C(CC(C)C)N(C)C(=O)C(CC(C)CCCC)NC(C=O)C(CCC(=O)OCCC)OC(=O)C(C)N(C)C1=O. The number of esters is 2. The number of hydrogen-bond donors (Lipinski definition) is 5. The third-order valence-electron chi connectivity index (χ3n) is 14.8. The van der Waals surface area contributed by atoms with E-state index in [2.05, 4.69) is 29.8 Å². The fourth-order valence-electron chi connectivity index (χ4n) is 10.2. The Bertz CT molecular complexity index is 2080. The minimum atomic E-state index is -1.48. The van der Waals surface area contributed by atoms with Crippen LogP contribution in [-0.4, -0.2) is 161 Å². The van der Waals surface area contributed by atoms with Crippen molar-refractivity contribution >= 4 is 46.8 Å². The molecule has 0 bridgehead atoms. The molecule has 1 aliphatic rings. The highest BCUT2D eigenvalue weighted by atomic mass is 16.6. The molecule has 0 spiro atoms. The third-order valence-corrected chi connectivity index (χ3v) is 14.8. The van der Waals surface area contributed by atoms with E-state index in [9.17, 15) is 34.2 Å². The summed E-state index contributed by atoms with van der Waals surface area (Å²) in [5, 5.41) is 35.8. The normalized spacial score (nSPS) is 26.5. The van der Waals surface area contributed by atoms with Crippen LogP contribution >= 0.6 is 0 Å². The topological polar surface area (TPSA) is 221 Å². The Morgan fingerprint density at radius 3 is 1.96 bits per heavy atom. The van der Waals surface area contributed by atoms with Crippen LogP contribution < -0.4 is 20.8 Å². The lowest BCUT2D eigenvalue weighted by molar-refractivity contribution is -0.162. The molecule has 3 amide bonds. The zero-order valence-electron chi connectivity index (χ0n) is 48.0. The predicted molar refractivity (Wildman–Crippen MR) is 292 cm³/mol. The van der Waals surface area contributed by atoms with Gasteiger partial charge in [0.15, 0.2) is 0 Å². The van der Waals surface area contributed by atoms with Gasteiger partial charge in [-0.2, -0.15) is 4.73 Å². The fourth-order valence-corrected chi connectivity index (χ4v) is 10.2. The highest BCUT2D eigenvalue weighted by Gasteiger charge is 2.41. The number of aliphatic hydroxyl groups excluding tert-OH is 2. The first-order valence-corrected chi connectivity index (χ1v) is 27.9. The molecule has 0 saturated carbocycles. The molecule has 1 saturated heterocycles. The number of unbranched alkanes of at least 4 members (excludes halogenated alkanes) is 2. The Balaban J connectivity index is 2.36. The number of para-hydroxylation sites is 1. The van der Waals surface area contributed by atoms with Crippen molar-refractivity contribution < 1.29 is 53.3 Å². The summed E-state index contributed by atoms with van der Waals surface area (Å²) in [6.45, 7) is 19.7. The van der Waals surface area contributed by atoms with Crippen LogP contribution in [0.25, 0.3) is 10.9 Å². The Kier molecular flexibility index (Phi) is 27.8. The number of likely N-dealkylation sites (N-methyl/N-ethyl adjacent to an activating group) is 3. The fraction of sp³-hybridized carbons (Fsp3) is 0.754. The lowest BCUT2D eigenvalue weighted by Crippen LogP contribution is -2.63. The van der Waals surface area contributed by atoms with Crippen molar-refractivity contribution in [1.29, 1.82) is 0 Å². The molecule has 1 fully saturated rings. The Morgan fingerprint density at radius 2 is 1.40 bits per heavy atom. The van der Waals surface area contributed by atoms with Gasteiger partial charge in [-0.1, -0.05) is 119 Å². The van der Waals surface area contributed by atoms with E-state index in [4.69, 9.17) is 14.3 Å². The quantitative estimate of drug-likeness (QED) is 0.0637. The van der Waals surface area contributed by atoms with Gasteiger partial charge in [0.1, 0.15) is 50.1 Å². The molecule has 0 aliphatic carbocycles. The summed E-state index contributed by atoms with van der Waals surface area (Å²) in [6, 6.07) is 0.200. The average molecular weight is 1060 g/mol. The molecule has 18 heteroatoms. The molecule has 18 nitrogen and oxygen atoms in total.